The Bertz CT molecular complexity index is 522. The third kappa shape index (κ3) is 4.02. The van der Waals surface area contributed by atoms with E-state index in [4.69, 9.17) is 4.74 Å². The van der Waals surface area contributed by atoms with Crippen LogP contribution in [0.1, 0.15) is 24.1 Å². The fourth-order valence-electron chi connectivity index (χ4n) is 2.02. The molecule has 0 aliphatic heterocycles. The van der Waals surface area contributed by atoms with Gasteiger partial charge in [-0.25, -0.2) is 0 Å². The van der Waals surface area contributed by atoms with E-state index in [0.717, 1.165) is 12.3 Å². The molecule has 0 amide bonds. The minimum absolute atomic E-state index is 0.320. The Labute approximate surface area is 125 Å². The Morgan fingerprint density at radius 1 is 1.05 bits per heavy atom. The molecule has 1 N–H and O–H groups in total. The van der Waals surface area contributed by atoms with E-state index in [-0.39, 0.29) is 0 Å². The molecule has 0 bridgehead atoms. The van der Waals surface area contributed by atoms with Gasteiger partial charge in [0.05, 0.1) is 7.11 Å². The summed E-state index contributed by atoms with van der Waals surface area (Å²) in [4.78, 5) is 1.30. The van der Waals surface area contributed by atoms with E-state index < -0.39 is 0 Å². The molecule has 0 radical (unpaired) electrons. The van der Waals surface area contributed by atoms with Crippen LogP contribution >= 0.6 is 11.8 Å². The lowest BCUT2D eigenvalue weighted by atomic mass is 10.1. The molecule has 2 rings (SSSR count). The van der Waals surface area contributed by atoms with Crippen LogP contribution in [-0.4, -0.2) is 13.4 Å². The van der Waals surface area contributed by atoms with E-state index in [2.05, 4.69) is 54.9 Å². The van der Waals surface area contributed by atoms with Crippen LogP contribution < -0.4 is 10.1 Å². The van der Waals surface area contributed by atoms with E-state index in [1.807, 2.05) is 12.1 Å². The predicted molar refractivity (Wildman–Crippen MR) is 86.5 cm³/mol. The molecule has 1 atom stereocenters. The van der Waals surface area contributed by atoms with Gasteiger partial charge in [-0.05, 0) is 48.6 Å². The first kappa shape index (κ1) is 14.9. The van der Waals surface area contributed by atoms with Crippen molar-refractivity contribution in [2.24, 2.45) is 0 Å². The number of ether oxygens (including phenoxy) is 1. The second-order valence-corrected chi connectivity index (χ2v) is 5.60. The highest BCUT2D eigenvalue weighted by Crippen LogP contribution is 2.18. The number of hydrogen-bond donors (Lipinski definition) is 1. The first-order valence-electron chi connectivity index (χ1n) is 6.73. The number of nitrogens with one attached hydrogen (secondary N) is 1. The van der Waals surface area contributed by atoms with Gasteiger partial charge in [-0.1, -0.05) is 24.3 Å². The van der Waals surface area contributed by atoms with Crippen LogP contribution in [0.4, 0.5) is 0 Å². The van der Waals surface area contributed by atoms with Gasteiger partial charge in [0.25, 0.3) is 0 Å². The van der Waals surface area contributed by atoms with E-state index in [1.165, 1.54) is 16.0 Å². The van der Waals surface area contributed by atoms with Crippen molar-refractivity contribution in [2.75, 3.05) is 13.4 Å². The topological polar surface area (TPSA) is 21.3 Å². The van der Waals surface area contributed by atoms with Crippen LogP contribution in [0.15, 0.2) is 53.4 Å². The summed E-state index contributed by atoms with van der Waals surface area (Å²) in [6.07, 6.45) is 2.10. The number of methoxy groups -OCH3 is 1. The lowest BCUT2D eigenvalue weighted by Gasteiger charge is -2.15. The summed E-state index contributed by atoms with van der Waals surface area (Å²) < 4.78 is 5.18. The first-order valence-corrected chi connectivity index (χ1v) is 7.95. The van der Waals surface area contributed by atoms with E-state index in [1.54, 1.807) is 18.9 Å². The van der Waals surface area contributed by atoms with Gasteiger partial charge in [0.15, 0.2) is 0 Å². The average molecular weight is 287 g/mol. The molecule has 0 aliphatic rings. The number of hydrogen-bond acceptors (Lipinski definition) is 3. The Hall–Kier alpha value is -1.45. The van der Waals surface area contributed by atoms with Crippen LogP contribution in [-0.2, 0) is 6.54 Å². The molecule has 2 aromatic carbocycles. The van der Waals surface area contributed by atoms with Gasteiger partial charge < -0.3 is 10.1 Å². The fourth-order valence-corrected chi connectivity index (χ4v) is 2.43. The van der Waals surface area contributed by atoms with Crippen LogP contribution in [0, 0.1) is 0 Å². The van der Waals surface area contributed by atoms with Gasteiger partial charge in [-0.2, -0.15) is 0 Å². The lowest BCUT2D eigenvalue weighted by Crippen LogP contribution is -2.17. The van der Waals surface area contributed by atoms with Crippen molar-refractivity contribution in [2.45, 2.75) is 24.4 Å². The van der Waals surface area contributed by atoms with Crippen molar-refractivity contribution in [1.82, 2.24) is 5.32 Å². The lowest BCUT2D eigenvalue weighted by molar-refractivity contribution is 0.414. The quantitative estimate of drug-likeness (QED) is 0.802. The van der Waals surface area contributed by atoms with Gasteiger partial charge in [-0.3, -0.25) is 0 Å². The maximum absolute atomic E-state index is 5.18. The third-order valence-corrected chi connectivity index (χ3v) is 4.13. The molecule has 0 saturated heterocycles. The van der Waals surface area contributed by atoms with Crippen molar-refractivity contribution in [3.05, 3.63) is 59.7 Å². The number of benzene rings is 2. The summed E-state index contributed by atoms with van der Waals surface area (Å²) in [6, 6.07) is 17.2. The second-order valence-electron chi connectivity index (χ2n) is 4.72. The number of rotatable bonds is 6. The maximum Gasteiger partial charge on any atom is 0.118 e. The molecule has 0 unspecified atom stereocenters. The van der Waals surface area contributed by atoms with Crippen molar-refractivity contribution in [1.29, 1.82) is 0 Å². The highest BCUT2D eigenvalue weighted by atomic mass is 32.2. The molecule has 2 nitrogen and oxygen atoms in total. The normalized spacial score (nSPS) is 12.2. The zero-order chi connectivity index (χ0) is 14.4. The summed E-state index contributed by atoms with van der Waals surface area (Å²) in [5.41, 5.74) is 2.58. The standard InChI is InChI=1S/C17H21NOS/c1-13(15-6-8-16(19-2)9-7-15)18-12-14-4-10-17(20-3)11-5-14/h4-11,13,18H,12H2,1-3H3/t13-/m0/s1. The molecule has 0 aliphatic carbocycles. The molecule has 0 heterocycles. The molecular formula is C17H21NOS. The summed E-state index contributed by atoms with van der Waals surface area (Å²) in [7, 11) is 1.69. The van der Waals surface area contributed by atoms with E-state index in [0.29, 0.717) is 6.04 Å². The Morgan fingerprint density at radius 2 is 1.70 bits per heavy atom. The molecule has 0 aromatic heterocycles. The minimum atomic E-state index is 0.320. The van der Waals surface area contributed by atoms with Crippen molar-refractivity contribution in [3.63, 3.8) is 0 Å². The van der Waals surface area contributed by atoms with Crippen molar-refractivity contribution in [3.8, 4) is 5.75 Å². The molecular weight excluding hydrogens is 266 g/mol. The summed E-state index contributed by atoms with van der Waals surface area (Å²) in [5.74, 6) is 0.897. The SMILES string of the molecule is COc1ccc([C@H](C)NCc2ccc(SC)cc2)cc1. The minimum Gasteiger partial charge on any atom is -0.497 e. The largest absolute Gasteiger partial charge is 0.497 e. The monoisotopic (exact) mass is 287 g/mol. The highest BCUT2D eigenvalue weighted by Gasteiger charge is 2.05. The van der Waals surface area contributed by atoms with Gasteiger partial charge in [0, 0.05) is 17.5 Å². The molecule has 0 fully saturated rings. The molecule has 3 heteroatoms. The summed E-state index contributed by atoms with van der Waals surface area (Å²) in [5, 5.41) is 3.54. The first-order chi connectivity index (χ1) is 9.72. The third-order valence-electron chi connectivity index (χ3n) is 3.39. The van der Waals surface area contributed by atoms with Crippen LogP contribution in [0.2, 0.25) is 0 Å². The molecule has 2 aromatic rings. The smallest absolute Gasteiger partial charge is 0.118 e. The Kier molecular flexibility index (Phi) is 5.50. The molecule has 0 spiro atoms. The maximum atomic E-state index is 5.18. The highest BCUT2D eigenvalue weighted by molar-refractivity contribution is 7.98. The zero-order valence-corrected chi connectivity index (χ0v) is 13.0. The Morgan fingerprint density at radius 3 is 2.25 bits per heavy atom. The average Bonchev–Trinajstić information content (AvgIpc) is 2.53. The zero-order valence-electron chi connectivity index (χ0n) is 12.2. The van der Waals surface area contributed by atoms with E-state index in [9.17, 15) is 0 Å². The Balaban J connectivity index is 1.91. The van der Waals surface area contributed by atoms with Crippen molar-refractivity contribution < 1.29 is 4.74 Å². The predicted octanol–water partition coefficient (Wildman–Crippen LogP) is 4.27. The number of thioether (sulfide) groups is 1. The fraction of sp³-hybridized carbons (Fsp3) is 0.294. The second kappa shape index (κ2) is 7.36. The van der Waals surface area contributed by atoms with Gasteiger partial charge in [-0.15, -0.1) is 11.8 Å². The van der Waals surface area contributed by atoms with Crippen LogP contribution in [0.3, 0.4) is 0 Å². The molecule has 20 heavy (non-hydrogen) atoms. The van der Waals surface area contributed by atoms with Crippen LogP contribution in [0.5, 0.6) is 5.75 Å². The molecule has 0 saturated carbocycles. The van der Waals surface area contributed by atoms with Crippen molar-refractivity contribution >= 4 is 11.8 Å². The van der Waals surface area contributed by atoms with E-state index >= 15 is 0 Å². The van der Waals surface area contributed by atoms with Gasteiger partial charge in [0.2, 0.25) is 0 Å². The summed E-state index contributed by atoms with van der Waals surface area (Å²) in [6.45, 7) is 3.06. The van der Waals surface area contributed by atoms with Gasteiger partial charge >= 0.3 is 0 Å². The molecule has 106 valence electrons. The summed E-state index contributed by atoms with van der Waals surface area (Å²) >= 11 is 1.77. The van der Waals surface area contributed by atoms with Gasteiger partial charge in [0.1, 0.15) is 5.75 Å². The van der Waals surface area contributed by atoms with Crippen LogP contribution in [0.25, 0.3) is 0 Å².